The minimum atomic E-state index is -0.755. The van der Waals surface area contributed by atoms with Crippen LogP contribution in [0.4, 0.5) is 17.1 Å². The average Bonchev–Trinajstić information content (AvgIpc) is 3.36. The summed E-state index contributed by atoms with van der Waals surface area (Å²) in [5.41, 5.74) is 5.07. The number of carbonyl (C=O) groups is 2. The maximum Gasteiger partial charge on any atom is 0.269 e. The Hall–Kier alpha value is -4.66. The summed E-state index contributed by atoms with van der Waals surface area (Å²) < 4.78 is 0. The topological polar surface area (TPSA) is 108 Å². The summed E-state index contributed by atoms with van der Waals surface area (Å²) in [5.74, 6) is -2.69. The van der Waals surface area contributed by atoms with Gasteiger partial charge in [0.15, 0.2) is 0 Å². The number of amides is 2. The molecule has 9 nitrogen and oxygen atoms in total. The van der Waals surface area contributed by atoms with Crippen LogP contribution in [0.3, 0.4) is 0 Å². The van der Waals surface area contributed by atoms with Crippen molar-refractivity contribution in [2.45, 2.75) is 33.6 Å². The SMILES string of the molecule is CC1=NN(c2ccc(C)cc2)C(=O)[C@@H]1C(c1ccc([N+](=O)[O-])cc1)[C@H]1C(=O)N(c2ccc(C)cc2)N=C1C. The zero-order chi connectivity index (χ0) is 27.1. The lowest BCUT2D eigenvalue weighted by Crippen LogP contribution is -2.40. The molecular weight excluding hydrogens is 482 g/mol. The first kappa shape index (κ1) is 25.0. The molecule has 2 aliphatic heterocycles. The number of nitro groups is 1. The molecule has 0 aromatic heterocycles. The molecule has 2 aliphatic rings. The van der Waals surface area contributed by atoms with Gasteiger partial charge in [0, 0.05) is 29.5 Å². The van der Waals surface area contributed by atoms with E-state index in [1.165, 1.54) is 22.2 Å². The van der Waals surface area contributed by atoms with Gasteiger partial charge in [0.05, 0.1) is 28.1 Å². The second-order valence-electron chi connectivity index (χ2n) is 9.78. The van der Waals surface area contributed by atoms with Crippen LogP contribution in [0, 0.1) is 35.8 Å². The van der Waals surface area contributed by atoms with Gasteiger partial charge in [-0.15, -0.1) is 0 Å². The molecule has 3 aromatic rings. The first-order chi connectivity index (χ1) is 18.2. The van der Waals surface area contributed by atoms with Crippen molar-refractivity contribution >= 4 is 40.3 Å². The molecule has 0 saturated carbocycles. The molecule has 0 unspecified atom stereocenters. The van der Waals surface area contributed by atoms with Crippen molar-refractivity contribution in [1.82, 2.24) is 0 Å². The largest absolute Gasteiger partial charge is 0.272 e. The van der Waals surface area contributed by atoms with E-state index in [0.29, 0.717) is 28.4 Å². The summed E-state index contributed by atoms with van der Waals surface area (Å²) in [6.45, 7) is 7.48. The van der Waals surface area contributed by atoms with E-state index in [1.54, 1.807) is 26.0 Å². The molecule has 192 valence electrons. The van der Waals surface area contributed by atoms with Crippen LogP contribution >= 0.6 is 0 Å². The van der Waals surface area contributed by atoms with E-state index in [9.17, 15) is 19.7 Å². The lowest BCUT2D eigenvalue weighted by molar-refractivity contribution is -0.384. The number of rotatable bonds is 6. The van der Waals surface area contributed by atoms with Crippen LogP contribution in [0.25, 0.3) is 0 Å². The number of hydrogen-bond donors (Lipinski definition) is 0. The lowest BCUT2D eigenvalue weighted by atomic mass is 9.73. The van der Waals surface area contributed by atoms with Gasteiger partial charge in [-0.2, -0.15) is 10.2 Å². The first-order valence-corrected chi connectivity index (χ1v) is 12.3. The van der Waals surface area contributed by atoms with E-state index in [-0.39, 0.29) is 17.5 Å². The maximum absolute atomic E-state index is 13.9. The molecule has 0 aliphatic carbocycles. The fraction of sp³-hybridized carbons (Fsp3) is 0.241. The number of hydrogen-bond acceptors (Lipinski definition) is 6. The second kappa shape index (κ2) is 9.66. The number of aryl methyl sites for hydroxylation is 2. The van der Waals surface area contributed by atoms with E-state index < -0.39 is 22.7 Å². The van der Waals surface area contributed by atoms with Gasteiger partial charge in [0.25, 0.3) is 17.5 Å². The first-order valence-electron chi connectivity index (χ1n) is 12.3. The molecule has 0 fully saturated rings. The van der Waals surface area contributed by atoms with Crippen LogP contribution in [-0.4, -0.2) is 28.2 Å². The van der Waals surface area contributed by atoms with Gasteiger partial charge in [-0.3, -0.25) is 19.7 Å². The summed E-state index contributed by atoms with van der Waals surface area (Å²) in [5, 5.41) is 23.2. The van der Waals surface area contributed by atoms with Gasteiger partial charge in [0.2, 0.25) is 0 Å². The zero-order valence-electron chi connectivity index (χ0n) is 21.5. The van der Waals surface area contributed by atoms with Crippen molar-refractivity contribution in [3.8, 4) is 0 Å². The van der Waals surface area contributed by atoms with Crippen molar-refractivity contribution in [3.63, 3.8) is 0 Å². The van der Waals surface area contributed by atoms with Crippen molar-refractivity contribution < 1.29 is 14.5 Å². The quantitative estimate of drug-likeness (QED) is 0.329. The van der Waals surface area contributed by atoms with E-state index in [2.05, 4.69) is 10.2 Å². The third-order valence-corrected chi connectivity index (χ3v) is 7.13. The lowest BCUT2D eigenvalue weighted by Gasteiger charge is -2.28. The number of hydrazone groups is 2. The standard InChI is InChI=1S/C29H27N5O4/c1-17-5-11-22(12-6-17)32-28(35)25(19(3)30-32)27(21-9-15-24(16-10-21)34(37)38)26-20(4)31-33(29(26)36)23-13-7-18(2)8-14-23/h5-16,25-27H,1-4H3/t25-,26-/m0/s1. The van der Waals surface area contributed by atoms with Gasteiger partial charge < -0.3 is 0 Å². The third kappa shape index (κ3) is 4.36. The van der Waals surface area contributed by atoms with Crippen molar-refractivity contribution in [1.29, 1.82) is 0 Å². The van der Waals surface area contributed by atoms with E-state index in [4.69, 9.17) is 0 Å². The highest BCUT2D eigenvalue weighted by Crippen LogP contribution is 2.43. The molecule has 3 aromatic carbocycles. The zero-order valence-corrected chi connectivity index (χ0v) is 21.5. The maximum atomic E-state index is 13.9. The highest BCUT2D eigenvalue weighted by molar-refractivity contribution is 6.19. The summed E-state index contributed by atoms with van der Waals surface area (Å²) in [7, 11) is 0. The van der Waals surface area contributed by atoms with Crippen LogP contribution in [0.15, 0.2) is 83.0 Å². The van der Waals surface area contributed by atoms with Crippen LogP contribution in [-0.2, 0) is 9.59 Å². The second-order valence-corrected chi connectivity index (χ2v) is 9.78. The number of nitrogens with zero attached hydrogens (tertiary/aromatic N) is 5. The molecule has 5 rings (SSSR count). The molecule has 0 bridgehead atoms. The van der Waals surface area contributed by atoms with E-state index >= 15 is 0 Å². The van der Waals surface area contributed by atoms with Crippen LogP contribution in [0.5, 0.6) is 0 Å². The molecule has 2 amide bonds. The monoisotopic (exact) mass is 509 g/mol. The Bertz CT molecular complexity index is 1390. The average molecular weight is 510 g/mol. The normalized spacial score (nSPS) is 19.3. The highest BCUT2D eigenvalue weighted by atomic mass is 16.6. The van der Waals surface area contributed by atoms with Crippen LogP contribution < -0.4 is 10.0 Å². The molecule has 2 heterocycles. The molecule has 0 radical (unpaired) electrons. The van der Waals surface area contributed by atoms with Crippen molar-refractivity contribution in [2.75, 3.05) is 10.0 Å². The molecular formula is C29H27N5O4. The Morgan fingerprint density at radius 1 is 0.684 bits per heavy atom. The van der Waals surface area contributed by atoms with Crippen LogP contribution in [0.1, 0.15) is 36.5 Å². The molecule has 2 atom stereocenters. The number of carbonyl (C=O) groups excluding carboxylic acids is 2. The van der Waals surface area contributed by atoms with E-state index in [0.717, 1.165) is 11.1 Å². The minimum Gasteiger partial charge on any atom is -0.272 e. The molecule has 0 spiro atoms. The predicted octanol–water partition coefficient (Wildman–Crippen LogP) is 5.37. The van der Waals surface area contributed by atoms with E-state index in [1.807, 2.05) is 62.4 Å². The Morgan fingerprint density at radius 3 is 1.45 bits per heavy atom. The minimum absolute atomic E-state index is 0.0682. The van der Waals surface area contributed by atoms with Gasteiger partial charge in [0.1, 0.15) is 0 Å². The van der Waals surface area contributed by atoms with Gasteiger partial charge in [-0.25, -0.2) is 10.0 Å². The highest BCUT2D eigenvalue weighted by Gasteiger charge is 2.50. The molecule has 38 heavy (non-hydrogen) atoms. The Morgan fingerprint density at radius 2 is 1.08 bits per heavy atom. The molecule has 0 N–H and O–H groups in total. The number of anilines is 2. The van der Waals surface area contributed by atoms with Gasteiger partial charge in [-0.1, -0.05) is 47.5 Å². The predicted molar refractivity (Wildman–Crippen MR) is 146 cm³/mol. The van der Waals surface area contributed by atoms with Gasteiger partial charge >= 0.3 is 0 Å². The van der Waals surface area contributed by atoms with Crippen molar-refractivity contribution in [3.05, 3.63) is 99.6 Å². The van der Waals surface area contributed by atoms with Gasteiger partial charge in [-0.05, 0) is 57.5 Å². The number of benzene rings is 3. The van der Waals surface area contributed by atoms with Crippen LogP contribution in [0.2, 0.25) is 0 Å². The summed E-state index contributed by atoms with van der Waals surface area (Å²) in [6.07, 6.45) is 0. The number of non-ortho nitro benzene ring substituents is 1. The van der Waals surface area contributed by atoms with Crippen molar-refractivity contribution in [2.24, 2.45) is 22.0 Å². The Labute approximate surface area is 220 Å². The molecule has 0 saturated heterocycles. The number of nitro benzene ring substituents is 1. The fourth-order valence-electron chi connectivity index (χ4n) is 5.12. The fourth-order valence-corrected chi connectivity index (χ4v) is 5.12. The summed E-state index contributed by atoms with van der Waals surface area (Å²) in [6, 6.07) is 21.0. The molecule has 9 heteroatoms. The smallest absolute Gasteiger partial charge is 0.269 e. The Balaban J connectivity index is 1.57. The summed E-state index contributed by atoms with van der Waals surface area (Å²) >= 11 is 0. The Kier molecular flexibility index (Phi) is 6.36. The third-order valence-electron chi connectivity index (χ3n) is 7.13. The summed E-state index contributed by atoms with van der Waals surface area (Å²) in [4.78, 5) is 38.6.